The number of aromatic hydroxyl groups is 1. The fourth-order valence-electron chi connectivity index (χ4n) is 3.23. The molecule has 0 bridgehead atoms. The van der Waals surface area contributed by atoms with Crippen molar-refractivity contribution in [1.29, 1.82) is 0 Å². The van der Waals surface area contributed by atoms with Crippen molar-refractivity contribution in [3.63, 3.8) is 0 Å². The highest BCUT2D eigenvalue weighted by Gasteiger charge is 2.29. The summed E-state index contributed by atoms with van der Waals surface area (Å²) in [6.45, 7) is 0.727. The molecule has 7 heteroatoms. The second-order valence-corrected chi connectivity index (χ2v) is 8.06. The first kappa shape index (κ1) is 18.4. The van der Waals surface area contributed by atoms with Crippen LogP contribution in [0.4, 0.5) is 0 Å². The van der Waals surface area contributed by atoms with Gasteiger partial charge >= 0.3 is 0 Å². The molecule has 26 heavy (non-hydrogen) atoms. The van der Waals surface area contributed by atoms with E-state index in [4.69, 9.17) is 0 Å². The highest BCUT2D eigenvalue weighted by Crippen LogP contribution is 2.33. The summed E-state index contributed by atoms with van der Waals surface area (Å²) in [7, 11) is -3.60. The van der Waals surface area contributed by atoms with Crippen molar-refractivity contribution in [3.8, 4) is 5.75 Å². The third-order valence-electron chi connectivity index (χ3n) is 4.54. The minimum absolute atomic E-state index is 0.0196. The molecule has 0 saturated carbocycles. The fourth-order valence-corrected chi connectivity index (χ4v) is 4.28. The zero-order chi connectivity index (χ0) is 18.6. The van der Waals surface area contributed by atoms with E-state index in [1.807, 2.05) is 12.1 Å². The van der Waals surface area contributed by atoms with Gasteiger partial charge in [0.05, 0.1) is 10.9 Å². The lowest BCUT2D eigenvalue weighted by Crippen LogP contribution is -2.34. The highest BCUT2D eigenvalue weighted by molar-refractivity contribution is 7.89. The monoisotopic (exact) mass is 374 g/mol. The standard InChI is InChI=1S/C19H22N2O4S/c22-16-10-8-15(9-11-16)18-7-4-14-21(18)19(23)12-13-20-26(24,25)17-5-2-1-3-6-17/h1-3,5-6,8-11,18,20,22H,4,7,12-14H2/t18-/m1/s1. The van der Waals surface area contributed by atoms with E-state index in [9.17, 15) is 18.3 Å². The fraction of sp³-hybridized carbons (Fsp3) is 0.316. The second-order valence-electron chi connectivity index (χ2n) is 6.30. The van der Waals surface area contributed by atoms with Gasteiger partial charge in [0.1, 0.15) is 5.75 Å². The lowest BCUT2D eigenvalue weighted by atomic mass is 10.0. The van der Waals surface area contributed by atoms with Gasteiger partial charge in [-0.15, -0.1) is 0 Å². The Morgan fingerprint density at radius 1 is 1.12 bits per heavy atom. The van der Waals surface area contributed by atoms with Gasteiger partial charge < -0.3 is 10.0 Å². The molecule has 3 rings (SSSR count). The van der Waals surface area contributed by atoms with Crippen molar-refractivity contribution in [2.75, 3.05) is 13.1 Å². The number of nitrogens with one attached hydrogen (secondary N) is 1. The molecule has 138 valence electrons. The molecule has 0 spiro atoms. The number of rotatable bonds is 6. The maximum Gasteiger partial charge on any atom is 0.240 e. The molecular formula is C19H22N2O4S. The number of carbonyl (C=O) groups is 1. The van der Waals surface area contributed by atoms with E-state index >= 15 is 0 Å². The molecule has 2 N–H and O–H groups in total. The average molecular weight is 374 g/mol. The van der Waals surface area contributed by atoms with Crippen molar-refractivity contribution >= 4 is 15.9 Å². The van der Waals surface area contributed by atoms with E-state index in [0.717, 1.165) is 18.4 Å². The van der Waals surface area contributed by atoms with Gasteiger partial charge in [0, 0.05) is 19.5 Å². The Balaban J connectivity index is 1.58. The summed E-state index contributed by atoms with van der Waals surface area (Å²) in [5.74, 6) is 0.122. The van der Waals surface area contributed by atoms with Crippen LogP contribution in [0, 0.1) is 0 Å². The number of sulfonamides is 1. The molecule has 0 aliphatic carbocycles. The van der Waals surface area contributed by atoms with Crippen molar-refractivity contribution in [1.82, 2.24) is 9.62 Å². The topological polar surface area (TPSA) is 86.7 Å². The summed E-state index contributed by atoms with van der Waals surface area (Å²) in [4.78, 5) is 14.5. The van der Waals surface area contributed by atoms with E-state index in [1.165, 1.54) is 12.1 Å². The maximum atomic E-state index is 12.6. The Morgan fingerprint density at radius 3 is 2.50 bits per heavy atom. The van der Waals surface area contributed by atoms with E-state index in [1.54, 1.807) is 35.2 Å². The molecule has 1 aliphatic heterocycles. The number of hydrogen-bond donors (Lipinski definition) is 2. The molecule has 1 heterocycles. The molecule has 2 aromatic carbocycles. The highest BCUT2D eigenvalue weighted by atomic mass is 32.2. The number of phenolic OH excluding ortho intramolecular Hbond substituents is 1. The molecule has 1 atom stereocenters. The van der Waals surface area contributed by atoms with Gasteiger partial charge in [0.2, 0.25) is 15.9 Å². The van der Waals surface area contributed by atoms with Gasteiger partial charge in [-0.05, 0) is 42.7 Å². The van der Waals surface area contributed by atoms with Crippen LogP contribution in [0.15, 0.2) is 59.5 Å². The van der Waals surface area contributed by atoms with Gasteiger partial charge in [-0.25, -0.2) is 13.1 Å². The third kappa shape index (κ3) is 4.23. The Labute approximate surface area is 153 Å². The number of amides is 1. The van der Waals surface area contributed by atoms with Gasteiger partial charge in [-0.3, -0.25) is 4.79 Å². The summed E-state index contributed by atoms with van der Waals surface area (Å²) in [6.07, 6.45) is 1.89. The first-order valence-electron chi connectivity index (χ1n) is 8.60. The van der Waals surface area contributed by atoms with Crippen LogP contribution >= 0.6 is 0 Å². The van der Waals surface area contributed by atoms with Crippen LogP contribution in [0.2, 0.25) is 0 Å². The van der Waals surface area contributed by atoms with Crippen LogP contribution in [-0.4, -0.2) is 37.4 Å². The first-order valence-corrected chi connectivity index (χ1v) is 10.1. The Morgan fingerprint density at radius 2 is 1.81 bits per heavy atom. The number of nitrogens with zero attached hydrogens (tertiary/aromatic N) is 1. The summed E-state index contributed by atoms with van der Waals surface area (Å²) in [5, 5.41) is 9.42. The number of likely N-dealkylation sites (tertiary alicyclic amines) is 1. The molecular weight excluding hydrogens is 352 g/mol. The van der Waals surface area contributed by atoms with Crippen LogP contribution in [0.25, 0.3) is 0 Å². The van der Waals surface area contributed by atoms with Crippen LogP contribution in [0.1, 0.15) is 30.9 Å². The van der Waals surface area contributed by atoms with Crippen molar-refractivity contribution in [2.45, 2.75) is 30.2 Å². The lowest BCUT2D eigenvalue weighted by Gasteiger charge is -2.25. The SMILES string of the molecule is O=C(CCNS(=O)(=O)c1ccccc1)N1CCC[C@@H]1c1ccc(O)cc1. The van der Waals surface area contributed by atoms with Crippen LogP contribution in [0.5, 0.6) is 5.75 Å². The molecule has 6 nitrogen and oxygen atoms in total. The summed E-state index contributed by atoms with van der Waals surface area (Å²) < 4.78 is 26.9. The van der Waals surface area contributed by atoms with Crippen molar-refractivity contribution in [3.05, 3.63) is 60.2 Å². The predicted molar refractivity (Wildman–Crippen MR) is 98.0 cm³/mol. The predicted octanol–water partition coefficient (Wildman–Crippen LogP) is 2.42. The van der Waals surface area contributed by atoms with E-state index in [-0.39, 0.29) is 35.6 Å². The first-order chi connectivity index (χ1) is 12.5. The molecule has 1 fully saturated rings. The minimum Gasteiger partial charge on any atom is -0.508 e. The summed E-state index contributed by atoms with van der Waals surface area (Å²) in [5.41, 5.74) is 0.985. The number of hydrogen-bond acceptors (Lipinski definition) is 4. The maximum absolute atomic E-state index is 12.6. The van der Waals surface area contributed by atoms with Gasteiger partial charge in [0.15, 0.2) is 0 Å². The average Bonchev–Trinajstić information content (AvgIpc) is 3.13. The van der Waals surface area contributed by atoms with E-state index < -0.39 is 10.0 Å². The van der Waals surface area contributed by atoms with Crippen LogP contribution in [-0.2, 0) is 14.8 Å². The molecule has 1 saturated heterocycles. The normalized spacial score (nSPS) is 17.4. The smallest absolute Gasteiger partial charge is 0.240 e. The van der Waals surface area contributed by atoms with Crippen LogP contribution < -0.4 is 4.72 Å². The number of benzene rings is 2. The zero-order valence-electron chi connectivity index (χ0n) is 14.3. The van der Waals surface area contributed by atoms with E-state index in [2.05, 4.69) is 4.72 Å². The van der Waals surface area contributed by atoms with Gasteiger partial charge in [-0.2, -0.15) is 0 Å². The summed E-state index contributed by atoms with van der Waals surface area (Å²) in [6, 6.07) is 15.0. The molecule has 0 radical (unpaired) electrons. The number of carbonyl (C=O) groups excluding carboxylic acids is 1. The minimum atomic E-state index is -3.60. The van der Waals surface area contributed by atoms with Gasteiger partial charge in [0.25, 0.3) is 0 Å². The second kappa shape index (κ2) is 7.88. The third-order valence-corrected chi connectivity index (χ3v) is 6.01. The number of phenols is 1. The Bertz CT molecular complexity index is 851. The molecule has 2 aromatic rings. The Hall–Kier alpha value is -2.38. The van der Waals surface area contributed by atoms with Crippen molar-refractivity contribution in [2.24, 2.45) is 0 Å². The lowest BCUT2D eigenvalue weighted by molar-refractivity contribution is -0.131. The van der Waals surface area contributed by atoms with Crippen LogP contribution in [0.3, 0.4) is 0 Å². The Kier molecular flexibility index (Phi) is 5.58. The van der Waals surface area contributed by atoms with E-state index in [0.29, 0.717) is 6.54 Å². The molecule has 1 aliphatic rings. The summed E-state index contributed by atoms with van der Waals surface area (Å²) >= 11 is 0. The quantitative estimate of drug-likeness (QED) is 0.813. The molecule has 0 aromatic heterocycles. The van der Waals surface area contributed by atoms with Gasteiger partial charge in [-0.1, -0.05) is 30.3 Å². The largest absolute Gasteiger partial charge is 0.508 e. The van der Waals surface area contributed by atoms with Crippen molar-refractivity contribution < 1.29 is 18.3 Å². The molecule has 0 unspecified atom stereocenters. The molecule has 1 amide bonds. The zero-order valence-corrected chi connectivity index (χ0v) is 15.2.